The highest BCUT2D eigenvalue weighted by atomic mass is 32.1. The predicted molar refractivity (Wildman–Crippen MR) is 72.6 cm³/mol. The quantitative estimate of drug-likeness (QED) is 0.903. The Morgan fingerprint density at radius 2 is 1.82 bits per heavy atom. The zero-order valence-corrected chi connectivity index (χ0v) is 11.3. The first-order chi connectivity index (χ1) is 8.11. The van der Waals surface area contributed by atoms with E-state index in [9.17, 15) is 0 Å². The van der Waals surface area contributed by atoms with Crippen molar-refractivity contribution < 1.29 is 5.11 Å². The van der Waals surface area contributed by atoms with Gasteiger partial charge in [0.15, 0.2) is 0 Å². The maximum Gasteiger partial charge on any atom is 0.0955 e. The van der Waals surface area contributed by atoms with Gasteiger partial charge in [-0.05, 0) is 43.5 Å². The summed E-state index contributed by atoms with van der Waals surface area (Å²) in [6.45, 7) is 6.54. The highest BCUT2D eigenvalue weighted by Gasteiger charge is 2.08. The summed E-state index contributed by atoms with van der Waals surface area (Å²) in [7, 11) is 0. The molecule has 90 valence electrons. The summed E-state index contributed by atoms with van der Waals surface area (Å²) in [6.07, 6.45) is 0.647. The number of aryl methyl sites for hydroxylation is 3. The summed E-state index contributed by atoms with van der Waals surface area (Å²) in [4.78, 5) is 4.56. The normalized spacial score (nSPS) is 10.8. The number of aliphatic hydroxyl groups excluding tert-OH is 1. The van der Waals surface area contributed by atoms with Crippen LogP contribution >= 0.6 is 11.3 Å². The lowest BCUT2D eigenvalue weighted by atomic mass is 9.99. The average Bonchev–Trinajstić information content (AvgIpc) is 2.72. The summed E-state index contributed by atoms with van der Waals surface area (Å²) >= 11 is 1.62. The summed E-state index contributed by atoms with van der Waals surface area (Å²) in [5.41, 5.74) is 6.10. The van der Waals surface area contributed by atoms with Crippen molar-refractivity contribution in [3.63, 3.8) is 0 Å². The van der Waals surface area contributed by atoms with Crippen LogP contribution in [0.25, 0.3) is 11.3 Å². The van der Waals surface area contributed by atoms with Crippen LogP contribution in [-0.2, 0) is 6.42 Å². The van der Waals surface area contributed by atoms with Gasteiger partial charge in [-0.1, -0.05) is 6.07 Å². The zero-order chi connectivity index (χ0) is 12.4. The molecule has 0 atom stereocenters. The molecular weight excluding hydrogens is 230 g/mol. The van der Waals surface area contributed by atoms with Crippen LogP contribution in [-0.4, -0.2) is 16.7 Å². The fraction of sp³-hybridized carbons (Fsp3) is 0.357. The van der Waals surface area contributed by atoms with E-state index in [1.165, 1.54) is 22.3 Å². The molecule has 17 heavy (non-hydrogen) atoms. The van der Waals surface area contributed by atoms with E-state index in [1.807, 2.05) is 0 Å². The van der Waals surface area contributed by atoms with E-state index in [0.29, 0.717) is 6.42 Å². The maximum absolute atomic E-state index is 8.90. The molecule has 0 amide bonds. The van der Waals surface area contributed by atoms with Crippen molar-refractivity contribution in [1.82, 2.24) is 4.98 Å². The Balaban J connectivity index is 2.41. The third-order valence-corrected chi connectivity index (χ3v) is 3.90. The Morgan fingerprint density at radius 1 is 1.12 bits per heavy atom. The molecule has 1 N–H and O–H groups in total. The van der Waals surface area contributed by atoms with Crippen LogP contribution in [0.2, 0.25) is 0 Å². The molecular formula is C14H17NOS. The van der Waals surface area contributed by atoms with E-state index in [0.717, 1.165) is 10.7 Å². The second-order valence-corrected chi connectivity index (χ2v) is 5.29. The van der Waals surface area contributed by atoms with Gasteiger partial charge in [0, 0.05) is 24.0 Å². The second-order valence-electron chi connectivity index (χ2n) is 4.35. The highest BCUT2D eigenvalue weighted by Crippen LogP contribution is 2.27. The average molecular weight is 247 g/mol. The third kappa shape index (κ3) is 2.56. The molecule has 2 aromatic rings. The van der Waals surface area contributed by atoms with Crippen molar-refractivity contribution in [2.75, 3.05) is 6.61 Å². The number of aromatic nitrogens is 1. The van der Waals surface area contributed by atoms with Crippen LogP contribution in [0.1, 0.15) is 21.7 Å². The number of nitrogens with zero attached hydrogens (tertiary/aromatic N) is 1. The zero-order valence-electron chi connectivity index (χ0n) is 10.4. The van der Waals surface area contributed by atoms with E-state index < -0.39 is 0 Å². The van der Waals surface area contributed by atoms with Gasteiger partial charge in [-0.15, -0.1) is 11.3 Å². The van der Waals surface area contributed by atoms with Crippen molar-refractivity contribution in [3.05, 3.63) is 39.2 Å². The highest BCUT2D eigenvalue weighted by molar-refractivity contribution is 7.09. The smallest absolute Gasteiger partial charge is 0.0955 e. The lowest BCUT2D eigenvalue weighted by Gasteiger charge is -2.07. The van der Waals surface area contributed by atoms with Gasteiger partial charge in [-0.2, -0.15) is 0 Å². The Hall–Kier alpha value is -1.19. The SMILES string of the molecule is Cc1cc(C)c(-c2csc(CCO)n2)cc1C. The number of hydrogen-bond donors (Lipinski definition) is 1. The second kappa shape index (κ2) is 4.98. The minimum atomic E-state index is 0.166. The minimum absolute atomic E-state index is 0.166. The van der Waals surface area contributed by atoms with E-state index in [-0.39, 0.29) is 6.61 Å². The van der Waals surface area contributed by atoms with Crippen molar-refractivity contribution in [3.8, 4) is 11.3 Å². The summed E-state index contributed by atoms with van der Waals surface area (Å²) in [6, 6.07) is 4.40. The topological polar surface area (TPSA) is 33.1 Å². The van der Waals surface area contributed by atoms with E-state index in [4.69, 9.17) is 5.11 Å². The molecule has 0 spiro atoms. The Morgan fingerprint density at radius 3 is 2.53 bits per heavy atom. The van der Waals surface area contributed by atoms with Gasteiger partial charge >= 0.3 is 0 Å². The van der Waals surface area contributed by atoms with Crippen molar-refractivity contribution >= 4 is 11.3 Å². The van der Waals surface area contributed by atoms with Crippen LogP contribution < -0.4 is 0 Å². The third-order valence-electron chi connectivity index (χ3n) is 2.99. The number of benzene rings is 1. The van der Waals surface area contributed by atoms with Gasteiger partial charge in [-0.25, -0.2) is 4.98 Å². The van der Waals surface area contributed by atoms with Gasteiger partial charge in [-0.3, -0.25) is 0 Å². The number of thiazole rings is 1. The lowest BCUT2D eigenvalue weighted by molar-refractivity contribution is 0.299. The molecule has 2 rings (SSSR count). The van der Waals surface area contributed by atoms with Crippen LogP contribution in [0.15, 0.2) is 17.5 Å². The number of aliphatic hydroxyl groups is 1. The van der Waals surface area contributed by atoms with Crippen LogP contribution in [0.4, 0.5) is 0 Å². The van der Waals surface area contributed by atoms with Crippen molar-refractivity contribution in [2.45, 2.75) is 27.2 Å². The van der Waals surface area contributed by atoms with Gasteiger partial charge in [0.1, 0.15) is 0 Å². The molecule has 0 saturated carbocycles. The molecule has 0 fully saturated rings. The minimum Gasteiger partial charge on any atom is -0.396 e. The molecule has 0 bridgehead atoms. The molecule has 0 radical (unpaired) electrons. The monoisotopic (exact) mass is 247 g/mol. The first kappa shape index (κ1) is 12.3. The molecule has 0 aliphatic rings. The lowest BCUT2D eigenvalue weighted by Crippen LogP contribution is -1.91. The van der Waals surface area contributed by atoms with E-state index in [1.54, 1.807) is 11.3 Å². The first-order valence-corrected chi connectivity index (χ1v) is 6.63. The first-order valence-electron chi connectivity index (χ1n) is 5.75. The summed E-state index contributed by atoms with van der Waals surface area (Å²) in [5.74, 6) is 0. The summed E-state index contributed by atoms with van der Waals surface area (Å²) in [5, 5.41) is 12.0. The summed E-state index contributed by atoms with van der Waals surface area (Å²) < 4.78 is 0. The molecule has 0 aliphatic heterocycles. The van der Waals surface area contributed by atoms with Crippen LogP contribution in [0.5, 0.6) is 0 Å². The molecule has 1 heterocycles. The molecule has 1 aromatic heterocycles. The molecule has 0 unspecified atom stereocenters. The Labute approximate surface area is 106 Å². The number of rotatable bonds is 3. The largest absolute Gasteiger partial charge is 0.396 e. The van der Waals surface area contributed by atoms with Crippen molar-refractivity contribution in [2.24, 2.45) is 0 Å². The van der Waals surface area contributed by atoms with E-state index in [2.05, 4.69) is 43.3 Å². The van der Waals surface area contributed by atoms with Gasteiger partial charge in [0.05, 0.1) is 10.7 Å². The van der Waals surface area contributed by atoms with E-state index >= 15 is 0 Å². The molecule has 0 saturated heterocycles. The number of hydrogen-bond acceptors (Lipinski definition) is 3. The van der Waals surface area contributed by atoms with Gasteiger partial charge in [0.25, 0.3) is 0 Å². The van der Waals surface area contributed by atoms with Crippen molar-refractivity contribution in [1.29, 1.82) is 0 Å². The maximum atomic E-state index is 8.90. The Kier molecular flexibility index (Phi) is 3.60. The van der Waals surface area contributed by atoms with Crippen LogP contribution in [0, 0.1) is 20.8 Å². The van der Waals surface area contributed by atoms with Crippen LogP contribution in [0.3, 0.4) is 0 Å². The van der Waals surface area contributed by atoms with Gasteiger partial charge < -0.3 is 5.11 Å². The molecule has 1 aromatic carbocycles. The molecule has 3 heteroatoms. The standard InChI is InChI=1S/C14H17NOS/c1-9-6-11(3)12(7-10(9)2)13-8-17-14(15-13)4-5-16/h6-8,16H,4-5H2,1-3H3. The molecule has 0 aliphatic carbocycles. The molecule has 2 nitrogen and oxygen atoms in total. The van der Waals surface area contributed by atoms with Gasteiger partial charge in [0.2, 0.25) is 0 Å². The fourth-order valence-corrected chi connectivity index (χ4v) is 2.67. The fourth-order valence-electron chi connectivity index (χ4n) is 1.88. The Bertz CT molecular complexity index is 531. The predicted octanol–water partition coefficient (Wildman–Crippen LogP) is 3.27.